The van der Waals surface area contributed by atoms with E-state index in [-0.39, 0.29) is 5.91 Å². The monoisotopic (exact) mass is 299 g/mol. The molecule has 0 unspecified atom stereocenters. The van der Waals surface area contributed by atoms with E-state index in [0.717, 1.165) is 52.1 Å². The van der Waals surface area contributed by atoms with Crippen LogP contribution in [0.3, 0.4) is 0 Å². The van der Waals surface area contributed by atoms with E-state index in [0.29, 0.717) is 13.1 Å². The Morgan fingerprint density at radius 3 is 1.95 bits per heavy atom. The molecule has 1 aliphatic rings. The summed E-state index contributed by atoms with van der Waals surface area (Å²) < 4.78 is 0. The molecule has 5 nitrogen and oxygen atoms in total. The van der Waals surface area contributed by atoms with Crippen LogP contribution in [0.25, 0.3) is 0 Å². The lowest BCUT2D eigenvalue weighted by Gasteiger charge is -2.37. The highest BCUT2D eigenvalue weighted by Crippen LogP contribution is 2.09. The Morgan fingerprint density at radius 2 is 1.52 bits per heavy atom. The van der Waals surface area contributed by atoms with Crippen molar-refractivity contribution in [3.05, 3.63) is 0 Å². The number of hydrogen-bond acceptors (Lipinski definition) is 4. The third-order valence-electron chi connectivity index (χ3n) is 3.77. The van der Waals surface area contributed by atoms with Gasteiger partial charge in [-0.1, -0.05) is 13.8 Å². The number of carbonyl (C=O) groups excluding carboxylic acids is 1. The molecule has 1 amide bonds. The Morgan fingerprint density at radius 1 is 1.05 bits per heavy atom. The molecule has 1 N–H and O–H groups in total. The van der Waals surface area contributed by atoms with Crippen LogP contribution < -0.4 is 0 Å². The fourth-order valence-corrected chi connectivity index (χ4v) is 2.85. The number of aliphatic hydroxyl groups is 1. The minimum absolute atomic E-state index is 0.259. The first kappa shape index (κ1) is 18.4. The fourth-order valence-electron chi connectivity index (χ4n) is 2.85. The zero-order chi connectivity index (χ0) is 15.9. The molecule has 0 aromatic rings. The summed E-state index contributed by atoms with van der Waals surface area (Å²) >= 11 is 0. The molecule has 0 spiro atoms. The molecule has 1 heterocycles. The Hall–Kier alpha value is -0.650. The van der Waals surface area contributed by atoms with E-state index in [4.69, 9.17) is 0 Å². The standard InChI is InChI=1S/C16H33N3O2/c1-5-7-19(8-6-2)15(20)13-17-9-11-18(12-10-17)14-16(3,4)21/h21H,5-14H2,1-4H3. The van der Waals surface area contributed by atoms with Crippen molar-refractivity contribution in [2.75, 3.05) is 52.4 Å². The van der Waals surface area contributed by atoms with Crippen LogP contribution in [0, 0.1) is 0 Å². The van der Waals surface area contributed by atoms with Gasteiger partial charge in [-0.2, -0.15) is 0 Å². The van der Waals surface area contributed by atoms with E-state index < -0.39 is 5.60 Å². The predicted octanol–water partition coefficient (Wildman–Crippen LogP) is 1.02. The minimum Gasteiger partial charge on any atom is -0.389 e. The molecule has 1 rings (SSSR count). The van der Waals surface area contributed by atoms with E-state index in [9.17, 15) is 9.90 Å². The second-order valence-corrected chi connectivity index (χ2v) is 6.75. The third kappa shape index (κ3) is 7.25. The van der Waals surface area contributed by atoms with Crippen molar-refractivity contribution in [2.24, 2.45) is 0 Å². The second kappa shape index (κ2) is 8.71. The summed E-state index contributed by atoms with van der Waals surface area (Å²) in [4.78, 5) is 18.8. The number of hydrogen-bond donors (Lipinski definition) is 1. The van der Waals surface area contributed by atoms with Gasteiger partial charge in [-0.15, -0.1) is 0 Å². The molecule has 0 saturated carbocycles. The zero-order valence-electron chi connectivity index (χ0n) is 14.3. The summed E-state index contributed by atoms with van der Waals surface area (Å²) in [5, 5.41) is 9.86. The van der Waals surface area contributed by atoms with Crippen LogP contribution in [0.5, 0.6) is 0 Å². The molecule has 1 fully saturated rings. The number of amides is 1. The summed E-state index contributed by atoms with van der Waals surface area (Å²) in [5.74, 6) is 0.259. The maximum atomic E-state index is 12.3. The summed E-state index contributed by atoms with van der Waals surface area (Å²) in [7, 11) is 0. The number of rotatable bonds is 8. The Labute approximate surface area is 129 Å². The van der Waals surface area contributed by atoms with Crippen LogP contribution >= 0.6 is 0 Å². The molecular weight excluding hydrogens is 266 g/mol. The second-order valence-electron chi connectivity index (χ2n) is 6.75. The van der Waals surface area contributed by atoms with Gasteiger partial charge < -0.3 is 10.0 Å². The van der Waals surface area contributed by atoms with Gasteiger partial charge in [0.25, 0.3) is 0 Å². The van der Waals surface area contributed by atoms with Gasteiger partial charge >= 0.3 is 0 Å². The Kier molecular flexibility index (Phi) is 7.63. The number of nitrogens with zero attached hydrogens (tertiary/aromatic N) is 3. The molecule has 0 aliphatic carbocycles. The molecule has 21 heavy (non-hydrogen) atoms. The average molecular weight is 299 g/mol. The van der Waals surface area contributed by atoms with Gasteiger partial charge in [-0.05, 0) is 26.7 Å². The van der Waals surface area contributed by atoms with Gasteiger partial charge in [-0.3, -0.25) is 14.6 Å². The molecule has 5 heteroatoms. The van der Waals surface area contributed by atoms with Crippen molar-refractivity contribution >= 4 is 5.91 Å². The first-order valence-corrected chi connectivity index (χ1v) is 8.30. The summed E-state index contributed by atoms with van der Waals surface area (Å²) in [5.41, 5.74) is -0.642. The highest BCUT2D eigenvalue weighted by molar-refractivity contribution is 5.78. The molecule has 1 saturated heterocycles. The van der Waals surface area contributed by atoms with Crippen molar-refractivity contribution < 1.29 is 9.90 Å². The molecule has 0 atom stereocenters. The van der Waals surface area contributed by atoms with Crippen molar-refractivity contribution in [2.45, 2.75) is 46.1 Å². The molecule has 0 bridgehead atoms. The third-order valence-corrected chi connectivity index (χ3v) is 3.77. The van der Waals surface area contributed by atoms with Crippen LogP contribution in [-0.4, -0.2) is 83.7 Å². The lowest BCUT2D eigenvalue weighted by atomic mass is 10.1. The lowest BCUT2D eigenvalue weighted by Crippen LogP contribution is -2.52. The SMILES string of the molecule is CCCN(CCC)C(=O)CN1CCN(CC(C)(C)O)CC1. The Bertz CT molecular complexity index is 301. The van der Waals surface area contributed by atoms with E-state index >= 15 is 0 Å². The van der Waals surface area contributed by atoms with Gasteiger partial charge in [0.15, 0.2) is 0 Å². The van der Waals surface area contributed by atoms with Gasteiger partial charge in [0.05, 0.1) is 12.1 Å². The van der Waals surface area contributed by atoms with Crippen molar-refractivity contribution in [1.29, 1.82) is 0 Å². The van der Waals surface area contributed by atoms with E-state index in [1.54, 1.807) is 0 Å². The highest BCUT2D eigenvalue weighted by Gasteiger charge is 2.24. The van der Waals surface area contributed by atoms with Gasteiger partial charge in [-0.25, -0.2) is 0 Å². The smallest absolute Gasteiger partial charge is 0.236 e. The first-order valence-electron chi connectivity index (χ1n) is 8.30. The summed E-state index contributed by atoms with van der Waals surface area (Å²) in [6, 6.07) is 0. The fraction of sp³-hybridized carbons (Fsp3) is 0.938. The molecule has 0 aromatic carbocycles. The van der Waals surface area contributed by atoms with Gasteiger partial charge in [0.2, 0.25) is 5.91 Å². The van der Waals surface area contributed by atoms with Gasteiger partial charge in [0.1, 0.15) is 0 Å². The maximum absolute atomic E-state index is 12.3. The number of carbonyl (C=O) groups is 1. The highest BCUT2D eigenvalue weighted by atomic mass is 16.3. The molecule has 0 radical (unpaired) electrons. The molecule has 124 valence electrons. The van der Waals surface area contributed by atoms with Crippen LogP contribution in [0.1, 0.15) is 40.5 Å². The van der Waals surface area contributed by atoms with Crippen LogP contribution in [0.4, 0.5) is 0 Å². The van der Waals surface area contributed by atoms with Crippen molar-refractivity contribution in [3.63, 3.8) is 0 Å². The Balaban J connectivity index is 2.35. The van der Waals surface area contributed by atoms with E-state index in [2.05, 4.69) is 23.6 Å². The first-order chi connectivity index (χ1) is 9.85. The van der Waals surface area contributed by atoms with E-state index in [1.807, 2.05) is 18.7 Å². The summed E-state index contributed by atoms with van der Waals surface area (Å²) in [6.07, 6.45) is 2.04. The zero-order valence-corrected chi connectivity index (χ0v) is 14.3. The number of piperazine rings is 1. The van der Waals surface area contributed by atoms with Crippen molar-refractivity contribution in [1.82, 2.24) is 14.7 Å². The quantitative estimate of drug-likeness (QED) is 0.727. The van der Waals surface area contributed by atoms with Crippen LogP contribution in [-0.2, 0) is 4.79 Å². The van der Waals surface area contributed by atoms with Crippen LogP contribution in [0.15, 0.2) is 0 Å². The van der Waals surface area contributed by atoms with E-state index in [1.165, 1.54) is 0 Å². The number of β-amino-alcohol motifs (C(OH)–C–C–N with tert-alkyl or cyclic N) is 1. The molecule has 1 aliphatic heterocycles. The largest absolute Gasteiger partial charge is 0.389 e. The topological polar surface area (TPSA) is 47.0 Å². The molecular formula is C16H33N3O2. The predicted molar refractivity (Wildman–Crippen MR) is 86.3 cm³/mol. The lowest BCUT2D eigenvalue weighted by molar-refractivity contribution is -0.133. The average Bonchev–Trinajstić information content (AvgIpc) is 2.39. The molecule has 0 aromatic heterocycles. The normalized spacial score (nSPS) is 18.0. The minimum atomic E-state index is -0.642. The maximum Gasteiger partial charge on any atom is 0.236 e. The van der Waals surface area contributed by atoms with Gasteiger partial charge in [0, 0.05) is 45.8 Å². The summed E-state index contributed by atoms with van der Waals surface area (Å²) in [6.45, 7) is 14.6. The van der Waals surface area contributed by atoms with Crippen molar-refractivity contribution in [3.8, 4) is 0 Å². The van der Waals surface area contributed by atoms with Crippen LogP contribution in [0.2, 0.25) is 0 Å².